The molecule has 1 atom stereocenters. The van der Waals surface area contributed by atoms with E-state index < -0.39 is 0 Å². The highest BCUT2D eigenvalue weighted by atomic mass is 16.3. The second-order valence-corrected chi connectivity index (χ2v) is 7.45. The Morgan fingerprint density at radius 2 is 1.96 bits per heavy atom. The lowest BCUT2D eigenvalue weighted by atomic mass is 9.96. The van der Waals surface area contributed by atoms with Gasteiger partial charge in [0.05, 0.1) is 6.10 Å². The maximum atomic E-state index is 12.1. The van der Waals surface area contributed by atoms with Crippen molar-refractivity contribution in [1.82, 2.24) is 15.1 Å². The number of rotatable bonds is 7. The molecule has 5 heteroatoms. The van der Waals surface area contributed by atoms with Gasteiger partial charge in [0.15, 0.2) is 0 Å². The maximum Gasteiger partial charge on any atom is 0.317 e. The molecular weight excluding hydrogens is 314 g/mol. The third-order valence-corrected chi connectivity index (χ3v) is 5.00. The van der Waals surface area contributed by atoms with Crippen molar-refractivity contribution in [3.8, 4) is 0 Å². The molecule has 5 nitrogen and oxygen atoms in total. The minimum Gasteiger partial charge on any atom is -0.393 e. The minimum absolute atomic E-state index is 0.0391. The number of urea groups is 1. The molecule has 140 valence electrons. The Kier molecular flexibility index (Phi) is 7.72. The second kappa shape index (κ2) is 9.78. The van der Waals surface area contributed by atoms with Crippen molar-refractivity contribution in [2.45, 2.75) is 45.8 Å². The number of carbonyl (C=O) groups excluding carboxylic acids is 1. The summed E-state index contributed by atoms with van der Waals surface area (Å²) in [6.07, 6.45) is 2.50. The van der Waals surface area contributed by atoms with E-state index in [4.69, 9.17) is 0 Å². The molecule has 2 N–H and O–H groups in total. The Morgan fingerprint density at radius 1 is 1.32 bits per heavy atom. The average molecular weight is 348 g/mol. The van der Waals surface area contributed by atoms with Gasteiger partial charge in [0.25, 0.3) is 0 Å². The highest BCUT2D eigenvalue weighted by Crippen LogP contribution is 2.18. The predicted octanol–water partition coefficient (Wildman–Crippen LogP) is 2.62. The van der Waals surface area contributed by atoms with Crippen LogP contribution in [0.5, 0.6) is 0 Å². The number of likely N-dealkylation sites (tertiary alicyclic amines) is 1. The molecule has 1 aliphatic heterocycles. The fourth-order valence-corrected chi connectivity index (χ4v) is 3.15. The van der Waals surface area contributed by atoms with Gasteiger partial charge in [0, 0.05) is 26.7 Å². The Bertz CT molecular complexity index is 522. The van der Waals surface area contributed by atoms with E-state index in [-0.39, 0.29) is 12.1 Å². The molecule has 1 aromatic rings. The van der Waals surface area contributed by atoms with Crippen molar-refractivity contribution in [1.29, 1.82) is 0 Å². The van der Waals surface area contributed by atoms with Crippen molar-refractivity contribution in [3.63, 3.8) is 0 Å². The van der Waals surface area contributed by atoms with Crippen LogP contribution in [0.15, 0.2) is 24.3 Å². The fourth-order valence-electron chi connectivity index (χ4n) is 3.15. The quantitative estimate of drug-likeness (QED) is 0.797. The van der Waals surface area contributed by atoms with Gasteiger partial charge in [-0.25, -0.2) is 4.79 Å². The van der Waals surface area contributed by atoms with E-state index in [1.807, 2.05) is 0 Å². The van der Waals surface area contributed by atoms with Crippen LogP contribution in [0.1, 0.15) is 37.3 Å². The zero-order valence-electron chi connectivity index (χ0n) is 15.9. The topological polar surface area (TPSA) is 55.8 Å². The van der Waals surface area contributed by atoms with Crippen molar-refractivity contribution in [2.75, 3.05) is 33.2 Å². The molecule has 1 unspecified atom stereocenters. The standard InChI is InChI=1S/C20H33N3O2/c1-16-4-6-19(7-5-16)15-23-12-9-18(10-13-23)14-21-20(25)22(3)11-8-17(2)24/h4-7,17-18,24H,8-15H2,1-3H3,(H,21,25). The number of piperidine rings is 1. The van der Waals surface area contributed by atoms with E-state index in [0.29, 0.717) is 18.9 Å². The van der Waals surface area contributed by atoms with Crippen LogP contribution in [0.3, 0.4) is 0 Å². The smallest absolute Gasteiger partial charge is 0.317 e. The summed E-state index contributed by atoms with van der Waals surface area (Å²) >= 11 is 0. The zero-order chi connectivity index (χ0) is 18.2. The van der Waals surface area contributed by atoms with Crippen LogP contribution in [0.4, 0.5) is 4.79 Å². The highest BCUT2D eigenvalue weighted by molar-refractivity contribution is 5.73. The van der Waals surface area contributed by atoms with Crippen LogP contribution in [-0.2, 0) is 6.54 Å². The Labute approximate surface area is 152 Å². The summed E-state index contributed by atoms with van der Waals surface area (Å²) in [5, 5.41) is 12.3. The predicted molar refractivity (Wildman–Crippen MR) is 102 cm³/mol. The monoisotopic (exact) mass is 347 g/mol. The molecule has 1 heterocycles. The molecule has 1 aromatic carbocycles. The molecule has 0 aliphatic carbocycles. The number of carbonyl (C=O) groups is 1. The van der Waals surface area contributed by atoms with E-state index >= 15 is 0 Å². The number of nitrogens with one attached hydrogen (secondary N) is 1. The van der Waals surface area contributed by atoms with Gasteiger partial charge in [0.1, 0.15) is 0 Å². The molecule has 2 amide bonds. The van der Waals surface area contributed by atoms with E-state index in [9.17, 15) is 9.90 Å². The van der Waals surface area contributed by atoms with Crippen molar-refractivity contribution >= 4 is 6.03 Å². The lowest BCUT2D eigenvalue weighted by Gasteiger charge is -2.32. The third-order valence-electron chi connectivity index (χ3n) is 5.00. The normalized spacial score (nSPS) is 17.3. The lowest BCUT2D eigenvalue weighted by Crippen LogP contribution is -2.43. The highest BCUT2D eigenvalue weighted by Gasteiger charge is 2.20. The summed E-state index contributed by atoms with van der Waals surface area (Å²) in [7, 11) is 1.78. The van der Waals surface area contributed by atoms with Gasteiger partial charge < -0.3 is 15.3 Å². The van der Waals surface area contributed by atoms with Gasteiger partial charge in [-0.2, -0.15) is 0 Å². The van der Waals surface area contributed by atoms with Crippen LogP contribution in [0.2, 0.25) is 0 Å². The summed E-state index contributed by atoms with van der Waals surface area (Å²) in [5.41, 5.74) is 2.67. The van der Waals surface area contributed by atoms with Crippen LogP contribution in [0.25, 0.3) is 0 Å². The largest absolute Gasteiger partial charge is 0.393 e. The molecule has 0 spiro atoms. The Hall–Kier alpha value is -1.59. The fraction of sp³-hybridized carbons (Fsp3) is 0.650. The van der Waals surface area contributed by atoms with Gasteiger partial charge in [-0.05, 0) is 57.7 Å². The molecule has 1 aliphatic rings. The van der Waals surface area contributed by atoms with Gasteiger partial charge >= 0.3 is 6.03 Å². The first kappa shape index (κ1) is 19.7. The molecular formula is C20H33N3O2. The molecule has 1 fully saturated rings. The minimum atomic E-state index is -0.367. The molecule has 0 saturated carbocycles. The second-order valence-electron chi connectivity index (χ2n) is 7.45. The molecule has 2 rings (SSSR count). The first-order valence-corrected chi connectivity index (χ1v) is 9.39. The summed E-state index contributed by atoms with van der Waals surface area (Å²) < 4.78 is 0. The molecule has 0 bridgehead atoms. The van der Waals surface area contributed by atoms with E-state index in [1.54, 1.807) is 18.9 Å². The maximum absolute atomic E-state index is 12.1. The Balaban J connectivity index is 1.64. The number of hydrogen-bond acceptors (Lipinski definition) is 3. The number of aliphatic hydroxyl groups is 1. The van der Waals surface area contributed by atoms with Crippen LogP contribution < -0.4 is 5.32 Å². The van der Waals surface area contributed by atoms with E-state index in [1.165, 1.54) is 11.1 Å². The third kappa shape index (κ3) is 7.04. The van der Waals surface area contributed by atoms with Crippen molar-refractivity contribution < 1.29 is 9.90 Å². The lowest BCUT2D eigenvalue weighted by molar-refractivity contribution is 0.158. The van der Waals surface area contributed by atoms with Gasteiger partial charge in [-0.3, -0.25) is 4.90 Å². The summed E-state index contributed by atoms with van der Waals surface area (Å²) in [5.74, 6) is 0.559. The van der Waals surface area contributed by atoms with E-state index in [0.717, 1.165) is 39.0 Å². The van der Waals surface area contributed by atoms with Gasteiger partial charge in [-0.1, -0.05) is 29.8 Å². The van der Waals surface area contributed by atoms with Crippen LogP contribution in [0, 0.1) is 12.8 Å². The van der Waals surface area contributed by atoms with E-state index in [2.05, 4.69) is 41.4 Å². The van der Waals surface area contributed by atoms with Gasteiger partial charge in [0.2, 0.25) is 0 Å². The SMILES string of the molecule is Cc1ccc(CN2CCC(CNC(=O)N(C)CCC(C)O)CC2)cc1. The van der Waals surface area contributed by atoms with Crippen LogP contribution in [-0.4, -0.2) is 60.3 Å². The molecule has 25 heavy (non-hydrogen) atoms. The average Bonchev–Trinajstić information content (AvgIpc) is 2.60. The summed E-state index contributed by atoms with van der Waals surface area (Å²) in [4.78, 5) is 16.2. The van der Waals surface area contributed by atoms with Gasteiger partial charge in [-0.15, -0.1) is 0 Å². The van der Waals surface area contributed by atoms with Crippen LogP contribution >= 0.6 is 0 Å². The van der Waals surface area contributed by atoms with Crippen molar-refractivity contribution in [2.24, 2.45) is 5.92 Å². The number of amides is 2. The number of aryl methyl sites for hydroxylation is 1. The number of benzene rings is 1. The Morgan fingerprint density at radius 3 is 2.56 bits per heavy atom. The summed E-state index contributed by atoms with van der Waals surface area (Å²) in [6, 6.07) is 8.73. The first-order valence-electron chi connectivity index (χ1n) is 9.39. The zero-order valence-corrected chi connectivity index (χ0v) is 15.9. The first-order chi connectivity index (χ1) is 11.9. The number of nitrogens with zero attached hydrogens (tertiary/aromatic N) is 2. The molecule has 0 aromatic heterocycles. The number of hydrogen-bond donors (Lipinski definition) is 2. The summed E-state index contributed by atoms with van der Waals surface area (Å²) in [6.45, 7) is 8.39. The molecule has 0 radical (unpaired) electrons. The molecule has 1 saturated heterocycles. The number of aliphatic hydroxyl groups excluding tert-OH is 1. The van der Waals surface area contributed by atoms with Crippen molar-refractivity contribution in [3.05, 3.63) is 35.4 Å².